The number of amides is 2. The van der Waals surface area contributed by atoms with Gasteiger partial charge in [-0.2, -0.15) is 0 Å². The van der Waals surface area contributed by atoms with Gasteiger partial charge in [0.2, 0.25) is 11.8 Å². The molecule has 0 spiro atoms. The van der Waals surface area contributed by atoms with Crippen molar-refractivity contribution in [3.05, 3.63) is 60.1 Å². The molecule has 6 nitrogen and oxygen atoms in total. The minimum Gasteiger partial charge on any atom is -0.468 e. The molecule has 1 atom stereocenters. The Hall–Kier alpha value is -2.60. The molecular formula is C20H25N3O3. The average molecular weight is 355 g/mol. The van der Waals surface area contributed by atoms with Crippen LogP contribution in [0, 0.1) is 0 Å². The van der Waals surface area contributed by atoms with Crippen LogP contribution in [0.2, 0.25) is 0 Å². The minimum absolute atomic E-state index is 0.0173. The van der Waals surface area contributed by atoms with Gasteiger partial charge in [-0.1, -0.05) is 30.3 Å². The maximum atomic E-state index is 12.1. The number of benzene rings is 1. The van der Waals surface area contributed by atoms with Gasteiger partial charge < -0.3 is 15.1 Å². The van der Waals surface area contributed by atoms with Crippen LogP contribution in [-0.2, 0) is 16.0 Å². The van der Waals surface area contributed by atoms with Crippen LogP contribution in [0.5, 0.6) is 0 Å². The largest absolute Gasteiger partial charge is 0.468 e. The third-order valence-corrected chi connectivity index (χ3v) is 4.60. The van der Waals surface area contributed by atoms with Crippen LogP contribution >= 0.6 is 0 Å². The van der Waals surface area contributed by atoms with Crippen molar-refractivity contribution in [3.8, 4) is 0 Å². The number of furan rings is 1. The highest BCUT2D eigenvalue weighted by Crippen LogP contribution is 2.24. The molecule has 0 bridgehead atoms. The summed E-state index contributed by atoms with van der Waals surface area (Å²) in [7, 11) is 0. The predicted octanol–water partition coefficient (Wildman–Crippen LogP) is 1.89. The normalized spacial score (nSPS) is 15.5. The highest BCUT2D eigenvalue weighted by molar-refractivity contribution is 5.85. The molecule has 26 heavy (non-hydrogen) atoms. The number of rotatable bonds is 8. The van der Waals surface area contributed by atoms with Crippen molar-refractivity contribution < 1.29 is 14.0 Å². The van der Waals surface area contributed by atoms with Crippen molar-refractivity contribution in [1.29, 1.82) is 0 Å². The Morgan fingerprint density at radius 3 is 2.46 bits per heavy atom. The van der Waals surface area contributed by atoms with E-state index in [4.69, 9.17) is 4.42 Å². The highest BCUT2D eigenvalue weighted by atomic mass is 16.3. The maximum Gasteiger partial charge on any atom is 0.239 e. The third-order valence-electron chi connectivity index (χ3n) is 4.60. The van der Waals surface area contributed by atoms with E-state index in [1.165, 1.54) is 12.8 Å². The molecule has 1 aromatic heterocycles. The first kappa shape index (κ1) is 18.2. The fourth-order valence-corrected chi connectivity index (χ4v) is 3.24. The van der Waals surface area contributed by atoms with Crippen molar-refractivity contribution in [2.45, 2.75) is 25.3 Å². The molecule has 1 fully saturated rings. The molecule has 2 heterocycles. The first-order valence-corrected chi connectivity index (χ1v) is 9.07. The van der Waals surface area contributed by atoms with E-state index >= 15 is 0 Å². The van der Waals surface area contributed by atoms with Gasteiger partial charge in [-0.25, -0.2) is 0 Å². The van der Waals surface area contributed by atoms with E-state index in [2.05, 4.69) is 15.5 Å². The lowest BCUT2D eigenvalue weighted by molar-refractivity contribution is -0.125. The smallest absolute Gasteiger partial charge is 0.239 e. The molecule has 0 saturated carbocycles. The monoisotopic (exact) mass is 355 g/mol. The molecule has 138 valence electrons. The summed E-state index contributed by atoms with van der Waals surface area (Å²) in [5, 5.41) is 5.58. The average Bonchev–Trinajstić information content (AvgIpc) is 3.35. The number of nitrogens with zero attached hydrogens (tertiary/aromatic N) is 1. The molecule has 2 N–H and O–H groups in total. The molecule has 1 aliphatic rings. The summed E-state index contributed by atoms with van der Waals surface area (Å²) in [6.45, 7) is 2.47. The van der Waals surface area contributed by atoms with Gasteiger partial charge in [-0.15, -0.1) is 0 Å². The number of hydrogen-bond donors (Lipinski definition) is 2. The molecule has 0 aliphatic carbocycles. The number of nitrogens with one attached hydrogen (secondary N) is 2. The Bertz CT molecular complexity index is 694. The van der Waals surface area contributed by atoms with Crippen LogP contribution in [0.1, 0.15) is 30.2 Å². The standard InChI is InChI=1S/C20H25N3O3/c24-19(13-16-7-2-1-3-8-16)22-15-20(25)21-14-17(18-9-6-12-26-18)23-10-4-5-11-23/h1-3,6-9,12,17H,4-5,10-11,13-15H2,(H,21,25)(H,22,24). The van der Waals surface area contributed by atoms with Gasteiger partial charge in [0.1, 0.15) is 5.76 Å². The Morgan fingerprint density at radius 1 is 1.00 bits per heavy atom. The van der Waals surface area contributed by atoms with Gasteiger partial charge in [0.15, 0.2) is 0 Å². The molecular weight excluding hydrogens is 330 g/mol. The third kappa shape index (κ3) is 5.20. The second-order valence-corrected chi connectivity index (χ2v) is 6.52. The molecule has 1 saturated heterocycles. The SMILES string of the molecule is O=C(CNC(=O)Cc1ccccc1)NCC(c1ccco1)N1CCCC1. The van der Waals surface area contributed by atoms with E-state index in [1.54, 1.807) is 6.26 Å². The van der Waals surface area contributed by atoms with Gasteiger partial charge >= 0.3 is 0 Å². The molecule has 3 rings (SSSR count). The summed E-state index contributed by atoms with van der Waals surface area (Å²) in [6, 6.07) is 13.3. The summed E-state index contributed by atoms with van der Waals surface area (Å²) >= 11 is 0. The summed E-state index contributed by atoms with van der Waals surface area (Å²) in [4.78, 5) is 26.4. The molecule has 6 heteroatoms. The van der Waals surface area contributed by atoms with E-state index < -0.39 is 0 Å². The lowest BCUT2D eigenvalue weighted by atomic mass is 10.1. The van der Waals surface area contributed by atoms with Gasteiger partial charge in [0, 0.05) is 6.54 Å². The molecule has 0 radical (unpaired) electrons. The minimum atomic E-state index is -0.192. The summed E-state index contributed by atoms with van der Waals surface area (Å²) in [5.41, 5.74) is 0.928. The Morgan fingerprint density at radius 2 is 1.77 bits per heavy atom. The molecule has 1 unspecified atom stereocenters. The zero-order valence-electron chi connectivity index (χ0n) is 14.8. The first-order chi connectivity index (χ1) is 12.7. The van der Waals surface area contributed by atoms with Crippen molar-refractivity contribution >= 4 is 11.8 Å². The van der Waals surface area contributed by atoms with Crippen LogP contribution in [0.3, 0.4) is 0 Å². The fraction of sp³-hybridized carbons (Fsp3) is 0.400. The molecule has 1 aromatic carbocycles. The molecule has 1 aliphatic heterocycles. The molecule has 2 aromatic rings. The van der Waals surface area contributed by atoms with Crippen LogP contribution < -0.4 is 10.6 Å². The number of hydrogen-bond acceptors (Lipinski definition) is 4. The van der Waals surface area contributed by atoms with Crippen molar-refractivity contribution in [2.75, 3.05) is 26.2 Å². The lowest BCUT2D eigenvalue weighted by Crippen LogP contribution is -2.41. The first-order valence-electron chi connectivity index (χ1n) is 9.07. The van der Waals surface area contributed by atoms with E-state index in [9.17, 15) is 9.59 Å². The van der Waals surface area contributed by atoms with Gasteiger partial charge in [-0.05, 0) is 43.6 Å². The highest BCUT2D eigenvalue weighted by Gasteiger charge is 2.25. The number of carbonyl (C=O) groups excluding carboxylic acids is 2. The van der Waals surface area contributed by atoms with Gasteiger partial charge in [0.05, 0.1) is 25.3 Å². The second kappa shape index (κ2) is 9.20. The van der Waals surface area contributed by atoms with Gasteiger partial charge in [-0.3, -0.25) is 14.5 Å². The maximum absolute atomic E-state index is 12.1. The van der Waals surface area contributed by atoms with E-state index in [0.717, 1.165) is 24.4 Å². The Balaban J connectivity index is 1.44. The topological polar surface area (TPSA) is 74.6 Å². The predicted molar refractivity (Wildman–Crippen MR) is 98.4 cm³/mol. The number of likely N-dealkylation sites (tertiary alicyclic amines) is 1. The fourth-order valence-electron chi connectivity index (χ4n) is 3.24. The van der Waals surface area contributed by atoms with E-state index in [0.29, 0.717) is 6.54 Å². The molecule has 2 amide bonds. The van der Waals surface area contributed by atoms with Crippen LogP contribution in [-0.4, -0.2) is 42.9 Å². The van der Waals surface area contributed by atoms with E-state index in [1.807, 2.05) is 42.5 Å². The summed E-state index contributed by atoms with van der Waals surface area (Å²) < 4.78 is 5.54. The van der Waals surface area contributed by atoms with Gasteiger partial charge in [0.25, 0.3) is 0 Å². The summed E-state index contributed by atoms with van der Waals surface area (Å²) in [5.74, 6) is 0.510. The Kier molecular flexibility index (Phi) is 6.44. The summed E-state index contributed by atoms with van der Waals surface area (Å²) in [6.07, 6.45) is 4.27. The van der Waals surface area contributed by atoms with Crippen molar-refractivity contribution in [2.24, 2.45) is 0 Å². The zero-order chi connectivity index (χ0) is 18.2. The number of carbonyl (C=O) groups is 2. The van der Waals surface area contributed by atoms with E-state index in [-0.39, 0.29) is 30.8 Å². The van der Waals surface area contributed by atoms with Crippen molar-refractivity contribution in [3.63, 3.8) is 0 Å². The zero-order valence-corrected chi connectivity index (χ0v) is 14.8. The van der Waals surface area contributed by atoms with Crippen LogP contribution in [0.25, 0.3) is 0 Å². The Labute approximate surface area is 153 Å². The second-order valence-electron chi connectivity index (χ2n) is 6.52. The lowest BCUT2D eigenvalue weighted by Gasteiger charge is -2.26. The van der Waals surface area contributed by atoms with Crippen LogP contribution in [0.15, 0.2) is 53.1 Å². The van der Waals surface area contributed by atoms with Crippen LogP contribution in [0.4, 0.5) is 0 Å². The quantitative estimate of drug-likeness (QED) is 0.758. The van der Waals surface area contributed by atoms with Crippen molar-refractivity contribution in [1.82, 2.24) is 15.5 Å².